The quantitative estimate of drug-likeness (QED) is 0.168. The highest BCUT2D eigenvalue weighted by molar-refractivity contribution is 6.00. The van der Waals surface area contributed by atoms with Gasteiger partial charge < -0.3 is 14.9 Å². The highest BCUT2D eigenvalue weighted by atomic mass is 16.2. The molecule has 3 aliphatic heterocycles. The fraction of sp³-hybridized carbons (Fsp3) is 0.115. The molecule has 6 heterocycles. The van der Waals surface area contributed by atoms with Crippen LogP contribution in [0.15, 0.2) is 140 Å². The summed E-state index contributed by atoms with van der Waals surface area (Å²) >= 11 is 0. The lowest BCUT2D eigenvalue weighted by molar-refractivity contribution is -0.118. The Hall–Kier alpha value is -7.42. The van der Waals surface area contributed by atoms with E-state index in [0.29, 0.717) is 38.3 Å². The zero-order chi connectivity index (χ0) is 40.6. The molecule has 0 atom stereocenters. The summed E-state index contributed by atoms with van der Waals surface area (Å²) in [6.07, 6.45) is 8.40. The molecule has 2 N–H and O–H groups in total. The minimum atomic E-state index is -0.00773. The van der Waals surface area contributed by atoms with Crippen molar-refractivity contribution in [3.05, 3.63) is 168 Å². The summed E-state index contributed by atoms with van der Waals surface area (Å²) in [5.74, 6) is 0.133. The van der Waals surface area contributed by atoms with Crippen LogP contribution in [0.25, 0.3) is 90.9 Å². The number of ketones is 1. The van der Waals surface area contributed by atoms with Gasteiger partial charge in [0, 0.05) is 76.1 Å². The van der Waals surface area contributed by atoms with E-state index in [4.69, 9.17) is 9.97 Å². The molecule has 8 bridgehead atoms. The third-order valence-corrected chi connectivity index (χ3v) is 11.5. The fourth-order valence-electron chi connectivity index (χ4n) is 8.62. The standard InChI is InChI=1S/C52H42N6O2/c1-34(59)33-57-29-31-58(32-30-57)52(60)39-19-17-38(18-20-39)51-46-27-25-44(55-46)49(36-13-7-3-8-14-36)42-23-21-40(53-42)48(35-11-5-2-6-12-35)41-22-24-43(54-41)50(37-15-9-4-10-16-37)45-26-28-47(51)56-45/h2-28,53,56H,29-33H2,1H3. The second kappa shape index (κ2) is 15.7. The van der Waals surface area contributed by atoms with Crippen LogP contribution in [0.2, 0.25) is 0 Å². The van der Waals surface area contributed by atoms with Gasteiger partial charge in [-0.3, -0.25) is 14.5 Å². The largest absolute Gasteiger partial charge is 0.354 e. The van der Waals surface area contributed by atoms with E-state index in [0.717, 1.165) is 89.4 Å². The molecule has 1 saturated heterocycles. The molecular formula is C52H42N6O2. The topological polar surface area (TPSA) is 98.0 Å². The summed E-state index contributed by atoms with van der Waals surface area (Å²) in [6, 6.07) is 47.6. The zero-order valence-electron chi connectivity index (χ0n) is 33.2. The minimum absolute atomic E-state index is 0.00773. The van der Waals surface area contributed by atoms with Crippen LogP contribution in [-0.2, 0) is 4.79 Å². The molecule has 8 nitrogen and oxygen atoms in total. The van der Waals surface area contributed by atoms with E-state index in [2.05, 4.69) is 136 Å². The van der Waals surface area contributed by atoms with Crippen molar-refractivity contribution in [1.82, 2.24) is 29.7 Å². The summed E-state index contributed by atoms with van der Waals surface area (Å²) in [6.45, 7) is 4.57. The summed E-state index contributed by atoms with van der Waals surface area (Å²) in [4.78, 5) is 47.8. The Morgan fingerprint density at radius 3 is 1.17 bits per heavy atom. The normalized spacial score (nSPS) is 13.8. The number of hydrogen-bond donors (Lipinski definition) is 2. The monoisotopic (exact) mass is 782 g/mol. The van der Waals surface area contributed by atoms with Gasteiger partial charge >= 0.3 is 0 Å². The van der Waals surface area contributed by atoms with Gasteiger partial charge in [0.25, 0.3) is 5.91 Å². The molecule has 60 heavy (non-hydrogen) atoms. The molecule has 10 rings (SSSR count). The highest BCUT2D eigenvalue weighted by Crippen LogP contribution is 2.38. The predicted octanol–water partition coefficient (Wildman–Crippen LogP) is 10.7. The van der Waals surface area contributed by atoms with Crippen LogP contribution >= 0.6 is 0 Å². The van der Waals surface area contributed by atoms with Crippen LogP contribution in [0, 0.1) is 0 Å². The molecule has 3 aliphatic rings. The number of carbonyl (C=O) groups is 2. The Balaban J connectivity index is 1.21. The van der Waals surface area contributed by atoms with E-state index in [1.165, 1.54) is 0 Å². The number of benzene rings is 4. The molecule has 7 aromatic rings. The van der Waals surface area contributed by atoms with Crippen molar-refractivity contribution in [3.63, 3.8) is 0 Å². The number of carbonyl (C=O) groups excluding carboxylic acids is 2. The van der Waals surface area contributed by atoms with E-state index in [1.807, 2.05) is 47.4 Å². The van der Waals surface area contributed by atoms with E-state index >= 15 is 0 Å². The first-order valence-corrected chi connectivity index (χ1v) is 20.4. The van der Waals surface area contributed by atoms with E-state index in [1.54, 1.807) is 6.92 Å². The van der Waals surface area contributed by atoms with Crippen molar-refractivity contribution in [3.8, 4) is 44.5 Å². The maximum Gasteiger partial charge on any atom is 0.253 e. The van der Waals surface area contributed by atoms with E-state index in [9.17, 15) is 9.59 Å². The molecule has 0 spiro atoms. The van der Waals surface area contributed by atoms with Crippen molar-refractivity contribution in [1.29, 1.82) is 0 Å². The van der Waals surface area contributed by atoms with Crippen molar-refractivity contribution in [2.45, 2.75) is 6.92 Å². The van der Waals surface area contributed by atoms with Gasteiger partial charge in [0.15, 0.2) is 0 Å². The number of piperazine rings is 1. The second-order valence-electron chi connectivity index (χ2n) is 15.4. The van der Waals surface area contributed by atoms with Crippen molar-refractivity contribution in [2.75, 3.05) is 32.7 Å². The number of nitrogens with one attached hydrogen (secondary N) is 2. The number of aromatic amines is 2. The van der Waals surface area contributed by atoms with E-state index in [-0.39, 0.29) is 11.7 Å². The third kappa shape index (κ3) is 7.07. The maximum atomic E-state index is 13.7. The summed E-state index contributed by atoms with van der Waals surface area (Å²) in [5.41, 5.74) is 15.7. The van der Waals surface area contributed by atoms with Gasteiger partial charge in [0.2, 0.25) is 0 Å². The maximum absolute atomic E-state index is 13.7. The smallest absolute Gasteiger partial charge is 0.253 e. The first kappa shape index (κ1) is 36.9. The Morgan fingerprint density at radius 2 is 0.817 bits per heavy atom. The van der Waals surface area contributed by atoms with Gasteiger partial charge in [-0.2, -0.15) is 0 Å². The molecule has 0 unspecified atom stereocenters. The van der Waals surface area contributed by atoms with E-state index < -0.39 is 0 Å². The molecular weight excluding hydrogens is 741 g/mol. The molecule has 1 amide bonds. The number of fused-ring (bicyclic) bond motifs is 8. The van der Waals surface area contributed by atoms with Gasteiger partial charge in [-0.15, -0.1) is 0 Å². The molecule has 8 heteroatoms. The van der Waals surface area contributed by atoms with Crippen LogP contribution in [-0.4, -0.2) is 74.1 Å². The summed E-state index contributed by atoms with van der Waals surface area (Å²) < 4.78 is 0. The molecule has 3 aromatic heterocycles. The lowest BCUT2D eigenvalue weighted by atomic mass is 10.0. The van der Waals surface area contributed by atoms with Gasteiger partial charge in [-0.25, -0.2) is 9.97 Å². The number of aromatic nitrogens is 4. The van der Waals surface area contributed by atoms with Crippen LogP contribution in [0.5, 0.6) is 0 Å². The van der Waals surface area contributed by atoms with Crippen LogP contribution in [0.3, 0.4) is 0 Å². The Bertz CT molecular complexity index is 2960. The Labute approximate surface area is 348 Å². The Morgan fingerprint density at radius 1 is 0.467 bits per heavy atom. The van der Waals surface area contributed by atoms with Crippen LogP contribution < -0.4 is 0 Å². The lowest BCUT2D eigenvalue weighted by Gasteiger charge is -2.34. The number of nitrogens with zero attached hydrogens (tertiary/aromatic N) is 4. The average Bonchev–Trinajstić information content (AvgIpc) is 4.13. The molecule has 0 radical (unpaired) electrons. The zero-order valence-corrected chi connectivity index (χ0v) is 33.2. The second-order valence-corrected chi connectivity index (χ2v) is 15.4. The average molecular weight is 783 g/mol. The number of hydrogen-bond acceptors (Lipinski definition) is 5. The van der Waals surface area contributed by atoms with Crippen LogP contribution in [0.1, 0.15) is 40.1 Å². The number of rotatable bonds is 7. The predicted molar refractivity (Wildman–Crippen MR) is 244 cm³/mol. The van der Waals surface area contributed by atoms with Crippen LogP contribution in [0.4, 0.5) is 0 Å². The molecule has 4 aromatic carbocycles. The highest BCUT2D eigenvalue weighted by Gasteiger charge is 2.24. The molecule has 0 aliphatic carbocycles. The summed E-state index contributed by atoms with van der Waals surface area (Å²) in [7, 11) is 0. The first-order valence-electron chi connectivity index (χ1n) is 20.4. The SMILES string of the molecule is CC(=O)CN1CCN(C(=O)c2ccc(-c3c4nc(c(-c5ccccc5)c5ccc([nH]5)c(-c5ccccc5)c5nc(c(-c6ccccc6)c6ccc3[nH]6)C=C5)C=C4)cc2)CC1. The number of Topliss-reactive ketones (excluding diaryl/α,β-unsaturated/α-hetero) is 1. The number of amides is 1. The minimum Gasteiger partial charge on any atom is -0.354 e. The van der Waals surface area contributed by atoms with Gasteiger partial charge in [-0.05, 0) is 89.9 Å². The van der Waals surface area contributed by atoms with Crippen molar-refractivity contribution < 1.29 is 9.59 Å². The van der Waals surface area contributed by atoms with Gasteiger partial charge in [0.1, 0.15) is 5.78 Å². The first-order chi connectivity index (χ1) is 29.5. The lowest BCUT2D eigenvalue weighted by Crippen LogP contribution is -2.49. The van der Waals surface area contributed by atoms with Gasteiger partial charge in [-0.1, -0.05) is 103 Å². The van der Waals surface area contributed by atoms with Crippen molar-refractivity contribution >= 4 is 58.1 Å². The fourth-order valence-corrected chi connectivity index (χ4v) is 8.62. The molecule has 0 saturated carbocycles. The number of H-pyrrole nitrogens is 2. The molecule has 292 valence electrons. The van der Waals surface area contributed by atoms with Gasteiger partial charge in [0.05, 0.1) is 29.3 Å². The molecule has 1 fully saturated rings. The third-order valence-electron chi connectivity index (χ3n) is 11.5. The summed E-state index contributed by atoms with van der Waals surface area (Å²) in [5, 5.41) is 0. The van der Waals surface area contributed by atoms with Crippen molar-refractivity contribution in [2.24, 2.45) is 0 Å². The Kier molecular flexibility index (Phi) is 9.67.